The van der Waals surface area contributed by atoms with Crippen LogP contribution in [-0.2, 0) is 6.42 Å². The van der Waals surface area contributed by atoms with Gasteiger partial charge in [0, 0.05) is 12.2 Å². The summed E-state index contributed by atoms with van der Waals surface area (Å²) < 4.78 is 5.49. The van der Waals surface area contributed by atoms with Crippen LogP contribution in [0.5, 0.6) is 5.75 Å². The van der Waals surface area contributed by atoms with E-state index in [2.05, 4.69) is 11.4 Å². The zero-order valence-electron chi connectivity index (χ0n) is 14.9. The summed E-state index contributed by atoms with van der Waals surface area (Å²) in [5, 5.41) is 11.7. The van der Waals surface area contributed by atoms with Gasteiger partial charge in [-0.25, -0.2) is 4.79 Å². The molecular formula is C21H23N3O2. The summed E-state index contributed by atoms with van der Waals surface area (Å²) in [5.74, 6) is 0.850. The predicted octanol–water partition coefficient (Wildman–Crippen LogP) is 4.52. The van der Waals surface area contributed by atoms with E-state index in [0.717, 1.165) is 42.0 Å². The lowest BCUT2D eigenvalue weighted by Gasteiger charge is -2.25. The standard InChI is InChI=1S/C21H23N3O2/c1-2-26-19-11-7-17(8-12-19)20-4-3-15-24(20)21(25)23-18-9-5-16(6-10-18)13-14-22/h5-12,20H,2-4,13,15H2,1H3,(H,23,25). The highest BCUT2D eigenvalue weighted by molar-refractivity contribution is 5.89. The first-order chi connectivity index (χ1) is 12.7. The number of hydrogen-bond acceptors (Lipinski definition) is 3. The largest absolute Gasteiger partial charge is 0.494 e. The molecule has 5 nitrogen and oxygen atoms in total. The number of anilines is 1. The quantitative estimate of drug-likeness (QED) is 0.863. The molecule has 0 bridgehead atoms. The lowest BCUT2D eigenvalue weighted by Crippen LogP contribution is -2.34. The van der Waals surface area contributed by atoms with Gasteiger partial charge in [-0.15, -0.1) is 0 Å². The van der Waals surface area contributed by atoms with Gasteiger partial charge in [0.25, 0.3) is 0 Å². The molecule has 1 aliphatic heterocycles. The lowest BCUT2D eigenvalue weighted by atomic mass is 10.0. The fourth-order valence-electron chi connectivity index (χ4n) is 3.30. The lowest BCUT2D eigenvalue weighted by molar-refractivity contribution is 0.207. The summed E-state index contributed by atoms with van der Waals surface area (Å²) in [6, 6.07) is 17.5. The van der Waals surface area contributed by atoms with Crippen LogP contribution >= 0.6 is 0 Å². The van der Waals surface area contributed by atoms with Crippen molar-refractivity contribution in [3.63, 3.8) is 0 Å². The Hall–Kier alpha value is -3.00. The maximum absolute atomic E-state index is 12.7. The number of likely N-dealkylation sites (tertiary alicyclic amines) is 1. The molecule has 0 aliphatic carbocycles. The molecule has 1 aliphatic rings. The van der Waals surface area contributed by atoms with E-state index in [1.165, 1.54) is 0 Å². The molecule has 1 heterocycles. The molecule has 134 valence electrons. The smallest absolute Gasteiger partial charge is 0.322 e. The summed E-state index contributed by atoms with van der Waals surface area (Å²) in [5.41, 5.74) is 2.82. The van der Waals surface area contributed by atoms with Gasteiger partial charge in [0.2, 0.25) is 0 Å². The van der Waals surface area contributed by atoms with Crippen LogP contribution in [0.25, 0.3) is 0 Å². The summed E-state index contributed by atoms with van der Waals surface area (Å²) in [4.78, 5) is 14.6. The Labute approximate surface area is 154 Å². The Morgan fingerprint density at radius 2 is 1.96 bits per heavy atom. The molecule has 1 saturated heterocycles. The Morgan fingerprint density at radius 1 is 1.23 bits per heavy atom. The highest BCUT2D eigenvalue weighted by Crippen LogP contribution is 2.33. The normalized spacial score (nSPS) is 16.2. The van der Waals surface area contributed by atoms with E-state index in [1.807, 2.05) is 60.4 Å². The Bertz CT molecular complexity index is 778. The molecule has 3 rings (SSSR count). The van der Waals surface area contributed by atoms with Crippen LogP contribution in [-0.4, -0.2) is 24.1 Å². The monoisotopic (exact) mass is 349 g/mol. The average Bonchev–Trinajstić information content (AvgIpc) is 3.14. The fraction of sp³-hybridized carbons (Fsp3) is 0.333. The molecule has 2 aromatic rings. The van der Waals surface area contributed by atoms with Crippen LogP contribution in [0.15, 0.2) is 48.5 Å². The van der Waals surface area contributed by atoms with E-state index in [1.54, 1.807) is 0 Å². The Morgan fingerprint density at radius 3 is 2.62 bits per heavy atom. The van der Waals surface area contributed by atoms with E-state index in [0.29, 0.717) is 13.0 Å². The number of nitriles is 1. The number of nitrogens with zero attached hydrogens (tertiary/aromatic N) is 2. The van der Waals surface area contributed by atoms with Crippen molar-refractivity contribution < 1.29 is 9.53 Å². The van der Waals surface area contributed by atoms with Crippen molar-refractivity contribution in [3.8, 4) is 11.8 Å². The number of amides is 2. The van der Waals surface area contributed by atoms with E-state index in [4.69, 9.17) is 10.00 Å². The molecular weight excluding hydrogens is 326 g/mol. The molecule has 0 spiro atoms. The SMILES string of the molecule is CCOc1ccc(C2CCCN2C(=O)Nc2ccc(CC#N)cc2)cc1. The van der Waals surface area contributed by atoms with Crippen molar-refractivity contribution in [2.45, 2.75) is 32.2 Å². The maximum Gasteiger partial charge on any atom is 0.322 e. The van der Waals surface area contributed by atoms with E-state index in [9.17, 15) is 4.79 Å². The highest BCUT2D eigenvalue weighted by Gasteiger charge is 2.30. The zero-order chi connectivity index (χ0) is 18.4. The topological polar surface area (TPSA) is 65.4 Å². The second-order valence-corrected chi connectivity index (χ2v) is 6.32. The van der Waals surface area contributed by atoms with Gasteiger partial charge in [-0.3, -0.25) is 0 Å². The molecule has 5 heteroatoms. The van der Waals surface area contributed by atoms with Gasteiger partial charge in [0.05, 0.1) is 25.1 Å². The van der Waals surface area contributed by atoms with Crippen molar-refractivity contribution >= 4 is 11.7 Å². The minimum atomic E-state index is -0.0885. The summed E-state index contributed by atoms with van der Waals surface area (Å²) in [7, 11) is 0. The summed E-state index contributed by atoms with van der Waals surface area (Å²) in [6.07, 6.45) is 2.33. The van der Waals surface area contributed by atoms with Gasteiger partial charge in [0.1, 0.15) is 5.75 Å². The van der Waals surface area contributed by atoms with E-state index in [-0.39, 0.29) is 12.1 Å². The van der Waals surface area contributed by atoms with Crippen LogP contribution in [0.1, 0.15) is 36.9 Å². The molecule has 0 radical (unpaired) electrons. The van der Waals surface area contributed by atoms with Gasteiger partial charge in [-0.05, 0) is 55.2 Å². The van der Waals surface area contributed by atoms with Gasteiger partial charge < -0.3 is 15.0 Å². The number of urea groups is 1. The third-order valence-corrected chi connectivity index (χ3v) is 4.58. The predicted molar refractivity (Wildman–Crippen MR) is 101 cm³/mol. The van der Waals surface area contributed by atoms with Crippen molar-refractivity contribution in [3.05, 3.63) is 59.7 Å². The van der Waals surface area contributed by atoms with Gasteiger partial charge in [-0.2, -0.15) is 5.26 Å². The maximum atomic E-state index is 12.7. The number of benzene rings is 2. The van der Waals surface area contributed by atoms with Crippen molar-refractivity contribution in [2.75, 3.05) is 18.5 Å². The van der Waals surface area contributed by atoms with E-state index >= 15 is 0 Å². The number of rotatable bonds is 5. The van der Waals surface area contributed by atoms with Crippen molar-refractivity contribution in [1.29, 1.82) is 5.26 Å². The van der Waals surface area contributed by atoms with Crippen molar-refractivity contribution in [2.24, 2.45) is 0 Å². The minimum absolute atomic E-state index is 0.0866. The Kier molecular flexibility index (Phi) is 5.75. The van der Waals surface area contributed by atoms with E-state index < -0.39 is 0 Å². The molecule has 26 heavy (non-hydrogen) atoms. The first-order valence-electron chi connectivity index (χ1n) is 8.97. The molecule has 1 atom stereocenters. The Balaban J connectivity index is 1.67. The third-order valence-electron chi connectivity index (χ3n) is 4.58. The molecule has 2 amide bonds. The number of nitrogens with one attached hydrogen (secondary N) is 1. The van der Waals surface area contributed by atoms with Gasteiger partial charge in [0.15, 0.2) is 0 Å². The average molecular weight is 349 g/mol. The van der Waals surface area contributed by atoms with Gasteiger partial charge in [-0.1, -0.05) is 24.3 Å². The first-order valence-corrected chi connectivity index (χ1v) is 8.97. The molecule has 1 N–H and O–H groups in total. The second kappa shape index (κ2) is 8.39. The number of carbonyl (C=O) groups excluding carboxylic acids is 1. The molecule has 0 saturated carbocycles. The van der Waals surface area contributed by atoms with Crippen LogP contribution in [0.3, 0.4) is 0 Å². The minimum Gasteiger partial charge on any atom is -0.494 e. The number of carbonyl (C=O) groups is 1. The van der Waals surface area contributed by atoms with Crippen LogP contribution in [0.2, 0.25) is 0 Å². The van der Waals surface area contributed by atoms with Crippen LogP contribution in [0, 0.1) is 11.3 Å². The second-order valence-electron chi connectivity index (χ2n) is 6.32. The molecule has 2 aromatic carbocycles. The van der Waals surface area contributed by atoms with Crippen LogP contribution in [0.4, 0.5) is 10.5 Å². The van der Waals surface area contributed by atoms with Crippen LogP contribution < -0.4 is 10.1 Å². The molecule has 1 fully saturated rings. The van der Waals surface area contributed by atoms with Crippen molar-refractivity contribution in [1.82, 2.24) is 4.90 Å². The number of hydrogen-bond donors (Lipinski definition) is 1. The fourth-order valence-corrected chi connectivity index (χ4v) is 3.30. The third kappa shape index (κ3) is 4.15. The summed E-state index contributed by atoms with van der Waals surface area (Å²) in [6.45, 7) is 3.35. The zero-order valence-corrected chi connectivity index (χ0v) is 14.9. The van der Waals surface area contributed by atoms with Gasteiger partial charge >= 0.3 is 6.03 Å². The summed E-state index contributed by atoms with van der Waals surface area (Å²) >= 11 is 0. The molecule has 0 aromatic heterocycles. The number of ether oxygens (including phenoxy) is 1. The highest BCUT2D eigenvalue weighted by atomic mass is 16.5. The molecule has 1 unspecified atom stereocenters. The first kappa shape index (κ1) is 17.8.